The average Bonchev–Trinajstić information content (AvgIpc) is 2.71. The van der Waals surface area contributed by atoms with Crippen LogP contribution in [0.5, 0.6) is 0 Å². The molecule has 2 aromatic rings. The van der Waals surface area contributed by atoms with Gasteiger partial charge in [-0.2, -0.15) is 0 Å². The van der Waals surface area contributed by atoms with Gasteiger partial charge in [0.15, 0.2) is 11.5 Å². The maximum Gasteiger partial charge on any atom is 0.165 e. The van der Waals surface area contributed by atoms with Crippen molar-refractivity contribution in [2.75, 3.05) is 18.9 Å². The number of aliphatic hydroxyl groups is 1. The minimum absolute atomic E-state index is 0.288. The average molecular weight is 237 g/mol. The predicted molar refractivity (Wildman–Crippen MR) is 62.2 cm³/mol. The maximum atomic E-state index is 9.73. The Labute approximate surface area is 98.3 Å². The summed E-state index contributed by atoms with van der Waals surface area (Å²) in [5.74, 6) is 0.341. The Kier molecular flexibility index (Phi) is 3.50. The largest absolute Gasteiger partial charge is 0.389 e. The number of aliphatic hydroxyl groups excluding tert-OH is 1. The third-order valence-electron chi connectivity index (χ3n) is 2.35. The summed E-state index contributed by atoms with van der Waals surface area (Å²) in [6.45, 7) is 3.12. The van der Waals surface area contributed by atoms with Gasteiger partial charge in [0.1, 0.15) is 11.8 Å². The van der Waals surface area contributed by atoms with Crippen LogP contribution in [0.3, 0.4) is 0 Å². The summed E-state index contributed by atoms with van der Waals surface area (Å²) in [7, 11) is 0. The van der Waals surface area contributed by atoms with Crippen LogP contribution >= 0.6 is 0 Å². The summed E-state index contributed by atoms with van der Waals surface area (Å²) in [5.41, 5.74) is 6.84. The first-order valence-corrected chi connectivity index (χ1v) is 5.39. The van der Waals surface area contributed by atoms with Crippen LogP contribution in [-0.2, 0) is 11.3 Å². The van der Waals surface area contributed by atoms with E-state index in [4.69, 9.17) is 10.5 Å². The molecular formula is C10H15N5O2. The van der Waals surface area contributed by atoms with E-state index in [0.717, 1.165) is 0 Å². The predicted octanol–water partition coefficient (Wildman–Crippen LogP) is -0.194. The Balaban J connectivity index is 2.16. The van der Waals surface area contributed by atoms with E-state index in [1.54, 1.807) is 10.9 Å². The second-order valence-corrected chi connectivity index (χ2v) is 3.64. The molecule has 0 spiro atoms. The lowest BCUT2D eigenvalue weighted by Gasteiger charge is -2.11. The number of nitrogens with two attached hydrogens (primary N) is 1. The number of fused-ring (bicyclic) bond motifs is 1. The normalized spacial score (nSPS) is 13.1. The van der Waals surface area contributed by atoms with Crippen LogP contribution in [0.25, 0.3) is 11.2 Å². The van der Waals surface area contributed by atoms with E-state index in [1.807, 2.05) is 6.92 Å². The van der Waals surface area contributed by atoms with Crippen LogP contribution in [-0.4, -0.2) is 43.9 Å². The SMILES string of the molecule is CCOC[C@H](O)Cn1cnc2c(N)ncnc21. The summed E-state index contributed by atoms with van der Waals surface area (Å²) in [6, 6.07) is 0. The number of anilines is 1. The fourth-order valence-corrected chi connectivity index (χ4v) is 1.57. The molecule has 0 bridgehead atoms. The number of nitrogen functional groups attached to an aromatic ring is 1. The molecule has 0 radical (unpaired) electrons. The fraction of sp³-hybridized carbons (Fsp3) is 0.500. The van der Waals surface area contributed by atoms with Crippen LogP contribution in [0.15, 0.2) is 12.7 Å². The standard InChI is InChI=1S/C10H15N5O2/c1-2-17-4-7(16)3-15-6-14-8-9(11)12-5-13-10(8)15/h5-7,16H,2-4H2,1H3,(H2,11,12,13)/t7-/m1/s1. The number of ether oxygens (including phenoxy) is 1. The van der Waals surface area contributed by atoms with Gasteiger partial charge in [0.2, 0.25) is 0 Å². The van der Waals surface area contributed by atoms with Crippen molar-refractivity contribution in [1.29, 1.82) is 0 Å². The Morgan fingerprint density at radius 2 is 2.29 bits per heavy atom. The molecule has 17 heavy (non-hydrogen) atoms. The molecule has 2 aromatic heterocycles. The van der Waals surface area contributed by atoms with E-state index in [2.05, 4.69) is 15.0 Å². The molecule has 3 N–H and O–H groups in total. The number of aromatic nitrogens is 4. The minimum Gasteiger partial charge on any atom is -0.389 e. The molecule has 0 aliphatic carbocycles. The van der Waals surface area contributed by atoms with Crippen molar-refractivity contribution in [2.24, 2.45) is 0 Å². The van der Waals surface area contributed by atoms with Gasteiger partial charge in [-0.15, -0.1) is 0 Å². The van der Waals surface area contributed by atoms with Gasteiger partial charge in [-0.1, -0.05) is 0 Å². The number of rotatable bonds is 5. The second kappa shape index (κ2) is 5.07. The van der Waals surface area contributed by atoms with Crippen LogP contribution < -0.4 is 5.73 Å². The van der Waals surface area contributed by atoms with Gasteiger partial charge < -0.3 is 20.1 Å². The number of imidazole rings is 1. The highest BCUT2D eigenvalue weighted by Crippen LogP contribution is 2.14. The summed E-state index contributed by atoms with van der Waals surface area (Å²) in [4.78, 5) is 12.1. The lowest BCUT2D eigenvalue weighted by molar-refractivity contribution is 0.0340. The van der Waals surface area contributed by atoms with Crippen molar-refractivity contribution in [2.45, 2.75) is 19.6 Å². The van der Waals surface area contributed by atoms with Crippen molar-refractivity contribution < 1.29 is 9.84 Å². The molecule has 7 heteroatoms. The lowest BCUT2D eigenvalue weighted by atomic mass is 10.3. The zero-order valence-corrected chi connectivity index (χ0v) is 9.58. The monoisotopic (exact) mass is 237 g/mol. The van der Waals surface area contributed by atoms with Crippen LogP contribution in [0.2, 0.25) is 0 Å². The first kappa shape index (κ1) is 11.7. The van der Waals surface area contributed by atoms with Crippen molar-refractivity contribution in [1.82, 2.24) is 19.5 Å². The first-order valence-electron chi connectivity index (χ1n) is 5.39. The minimum atomic E-state index is -0.594. The van der Waals surface area contributed by atoms with Gasteiger partial charge in [0, 0.05) is 6.61 Å². The third-order valence-corrected chi connectivity index (χ3v) is 2.35. The molecule has 0 aromatic carbocycles. The van der Waals surface area contributed by atoms with E-state index in [1.165, 1.54) is 6.33 Å². The van der Waals surface area contributed by atoms with Gasteiger partial charge in [-0.25, -0.2) is 15.0 Å². The molecule has 0 saturated heterocycles. The van der Waals surface area contributed by atoms with Crippen LogP contribution in [0.1, 0.15) is 6.92 Å². The zero-order valence-electron chi connectivity index (χ0n) is 9.58. The molecule has 7 nitrogen and oxygen atoms in total. The summed E-state index contributed by atoms with van der Waals surface area (Å²) < 4.78 is 6.87. The van der Waals surface area contributed by atoms with Crippen molar-refractivity contribution in [3.63, 3.8) is 0 Å². The van der Waals surface area contributed by atoms with Gasteiger partial charge in [-0.3, -0.25) is 0 Å². The highest BCUT2D eigenvalue weighted by molar-refractivity contribution is 5.81. The van der Waals surface area contributed by atoms with Crippen molar-refractivity contribution in [3.8, 4) is 0 Å². The van der Waals surface area contributed by atoms with E-state index >= 15 is 0 Å². The number of nitrogens with zero attached hydrogens (tertiary/aromatic N) is 4. The topological polar surface area (TPSA) is 99.1 Å². The Hall–Kier alpha value is -1.73. The van der Waals surface area contributed by atoms with Gasteiger partial charge in [0.05, 0.1) is 25.6 Å². The molecule has 0 unspecified atom stereocenters. The molecule has 0 aliphatic heterocycles. The van der Waals surface area contributed by atoms with Crippen LogP contribution in [0.4, 0.5) is 5.82 Å². The lowest BCUT2D eigenvalue weighted by Crippen LogP contribution is -2.21. The molecule has 2 rings (SSSR count). The highest BCUT2D eigenvalue weighted by atomic mass is 16.5. The summed E-state index contributed by atoms with van der Waals surface area (Å²) in [5, 5.41) is 9.73. The van der Waals surface area contributed by atoms with Gasteiger partial charge in [-0.05, 0) is 6.92 Å². The molecule has 1 atom stereocenters. The Morgan fingerprint density at radius 3 is 3.06 bits per heavy atom. The third kappa shape index (κ3) is 2.51. The molecule has 0 amide bonds. The number of hydrogen-bond donors (Lipinski definition) is 2. The van der Waals surface area contributed by atoms with E-state index in [-0.39, 0.29) is 6.61 Å². The molecule has 0 fully saturated rings. The summed E-state index contributed by atoms with van der Waals surface area (Å²) >= 11 is 0. The molecule has 2 heterocycles. The second-order valence-electron chi connectivity index (χ2n) is 3.64. The smallest absolute Gasteiger partial charge is 0.165 e. The fourth-order valence-electron chi connectivity index (χ4n) is 1.57. The molecule has 0 saturated carbocycles. The van der Waals surface area contributed by atoms with Crippen molar-refractivity contribution >= 4 is 17.0 Å². The molecule has 0 aliphatic rings. The zero-order chi connectivity index (χ0) is 12.3. The maximum absolute atomic E-state index is 9.73. The van der Waals surface area contributed by atoms with Gasteiger partial charge >= 0.3 is 0 Å². The Morgan fingerprint density at radius 1 is 1.47 bits per heavy atom. The highest BCUT2D eigenvalue weighted by Gasteiger charge is 2.11. The van der Waals surface area contributed by atoms with Gasteiger partial charge in [0.25, 0.3) is 0 Å². The van der Waals surface area contributed by atoms with Crippen molar-refractivity contribution in [3.05, 3.63) is 12.7 Å². The Bertz CT molecular complexity index is 498. The molecule has 92 valence electrons. The summed E-state index contributed by atoms with van der Waals surface area (Å²) in [6.07, 6.45) is 2.37. The van der Waals surface area contributed by atoms with Crippen LogP contribution in [0, 0.1) is 0 Å². The van der Waals surface area contributed by atoms with E-state index < -0.39 is 6.10 Å². The quantitative estimate of drug-likeness (QED) is 0.747. The van der Waals surface area contributed by atoms with E-state index in [9.17, 15) is 5.11 Å². The number of hydrogen-bond acceptors (Lipinski definition) is 6. The first-order chi connectivity index (χ1) is 8.22. The van der Waals surface area contributed by atoms with E-state index in [0.29, 0.717) is 30.1 Å². The molecular weight excluding hydrogens is 222 g/mol.